The molecule has 10 heteroatoms. The van der Waals surface area contributed by atoms with Crippen molar-refractivity contribution in [3.05, 3.63) is 36.5 Å². The highest BCUT2D eigenvalue weighted by molar-refractivity contribution is 7.47. The first-order chi connectivity index (χ1) is 30.3. The van der Waals surface area contributed by atoms with Gasteiger partial charge in [-0.1, -0.05) is 204 Å². The molecule has 0 saturated heterocycles. The average Bonchev–Trinajstić information content (AvgIpc) is 3.26. The lowest BCUT2D eigenvalue weighted by atomic mass is 10.0. The molecular weight excluding hydrogens is 800 g/mol. The zero-order valence-corrected chi connectivity index (χ0v) is 41.2. The highest BCUT2D eigenvalue weighted by atomic mass is 31.2. The van der Waals surface area contributed by atoms with Crippen LogP contribution in [-0.2, 0) is 27.9 Å². The minimum absolute atomic E-state index is 0.0468. The number of aliphatic hydroxyl groups excluding tert-OH is 2. The summed E-state index contributed by atoms with van der Waals surface area (Å²) in [5, 5.41) is 18.4. The van der Waals surface area contributed by atoms with E-state index >= 15 is 0 Å². The van der Waals surface area contributed by atoms with Gasteiger partial charge < -0.3 is 24.6 Å². The molecule has 0 aromatic heterocycles. The Balaban J connectivity index is 4.05. The molecule has 366 valence electrons. The van der Waals surface area contributed by atoms with Crippen LogP contribution in [0.1, 0.15) is 245 Å². The number of phosphoric ester groups is 1. The van der Waals surface area contributed by atoms with E-state index < -0.39 is 33.2 Å². The number of ether oxygens (including phenoxy) is 2. The molecule has 0 rings (SSSR count). The fraction of sp³-hybridized carbons (Fsp3) is 0.865. The van der Waals surface area contributed by atoms with E-state index in [-0.39, 0.29) is 25.6 Å². The molecule has 0 radical (unpaired) electrons. The second-order valence-corrected chi connectivity index (χ2v) is 19.0. The lowest BCUT2D eigenvalue weighted by Gasteiger charge is -2.20. The molecule has 0 aliphatic carbocycles. The van der Waals surface area contributed by atoms with Crippen LogP contribution >= 0.6 is 7.82 Å². The van der Waals surface area contributed by atoms with Crippen molar-refractivity contribution in [2.45, 2.75) is 257 Å². The molecule has 0 aromatic carbocycles. The van der Waals surface area contributed by atoms with Crippen molar-refractivity contribution in [3.8, 4) is 0 Å². The lowest BCUT2D eigenvalue weighted by Crippen LogP contribution is -2.29. The van der Waals surface area contributed by atoms with Crippen LogP contribution in [0.2, 0.25) is 0 Å². The summed E-state index contributed by atoms with van der Waals surface area (Å²) in [6, 6.07) is 0. The van der Waals surface area contributed by atoms with Crippen LogP contribution in [0.3, 0.4) is 0 Å². The predicted octanol–water partition coefficient (Wildman–Crippen LogP) is 15.2. The number of unbranched alkanes of at least 4 members (excludes halogenated alkanes) is 30. The van der Waals surface area contributed by atoms with Crippen molar-refractivity contribution in [1.29, 1.82) is 0 Å². The Kier molecular flexibility index (Phi) is 48.1. The topological polar surface area (TPSA) is 132 Å². The number of allylic oxidation sites excluding steroid dienone is 6. The van der Waals surface area contributed by atoms with Crippen LogP contribution in [0.5, 0.6) is 0 Å². The average molecular weight is 899 g/mol. The highest BCUT2D eigenvalue weighted by Crippen LogP contribution is 2.43. The Morgan fingerprint density at radius 3 is 1.34 bits per heavy atom. The number of hydrogen-bond donors (Lipinski definition) is 3. The number of carbonyl (C=O) groups is 1. The molecule has 0 aliphatic heterocycles. The Bertz CT molecular complexity index is 1060. The zero-order valence-electron chi connectivity index (χ0n) is 40.3. The van der Waals surface area contributed by atoms with Crippen LogP contribution < -0.4 is 0 Å². The van der Waals surface area contributed by atoms with Crippen LogP contribution in [-0.4, -0.2) is 66.3 Å². The fourth-order valence-corrected chi connectivity index (χ4v) is 8.11. The Hall–Kier alpha value is -1.32. The number of carbonyl (C=O) groups excluding carboxylic acids is 1. The van der Waals surface area contributed by atoms with Gasteiger partial charge in [-0.2, -0.15) is 0 Å². The third-order valence-electron chi connectivity index (χ3n) is 11.3. The first-order valence-electron chi connectivity index (χ1n) is 26.0. The van der Waals surface area contributed by atoms with E-state index in [9.17, 15) is 19.4 Å². The largest absolute Gasteiger partial charge is 0.472 e. The molecule has 0 heterocycles. The molecule has 0 spiro atoms. The molecule has 0 bridgehead atoms. The van der Waals surface area contributed by atoms with E-state index in [2.05, 4.69) is 50.3 Å². The summed E-state index contributed by atoms with van der Waals surface area (Å²) >= 11 is 0. The third-order valence-corrected chi connectivity index (χ3v) is 12.2. The zero-order chi connectivity index (χ0) is 45.3. The summed E-state index contributed by atoms with van der Waals surface area (Å²) in [5.74, 6) is -0.382. The van der Waals surface area contributed by atoms with Gasteiger partial charge in [-0.05, 0) is 70.6 Å². The van der Waals surface area contributed by atoms with Crippen molar-refractivity contribution < 1.29 is 43.0 Å². The van der Waals surface area contributed by atoms with Crippen LogP contribution in [0.25, 0.3) is 0 Å². The van der Waals surface area contributed by atoms with Gasteiger partial charge in [0.15, 0.2) is 0 Å². The van der Waals surface area contributed by atoms with Gasteiger partial charge in [-0.25, -0.2) is 4.57 Å². The molecule has 0 aliphatic rings. The molecule has 62 heavy (non-hydrogen) atoms. The standard InChI is InChI=1S/C52H99O9P/c1-3-5-7-9-11-13-15-17-19-21-23-24-25-26-27-28-30-32-34-36-38-40-42-44-52(55)61-51(49-60-62(56,57)59-47-50(54)46-53)48-58-45-43-41-39-37-35-33-31-29-22-20-18-16-14-12-10-8-6-4-2/h12,14,18,20-21,23,50-51,53-54H,3-11,13,15-17,19,22,24-49H2,1-2H3,(H,56,57)/b14-12-,20-18-,23-21-. The van der Waals surface area contributed by atoms with Gasteiger partial charge >= 0.3 is 13.8 Å². The molecule has 3 unspecified atom stereocenters. The van der Waals surface area contributed by atoms with Gasteiger partial charge in [-0.3, -0.25) is 13.8 Å². The van der Waals surface area contributed by atoms with Crippen molar-refractivity contribution in [2.24, 2.45) is 0 Å². The normalized spacial score (nSPS) is 14.1. The summed E-state index contributed by atoms with van der Waals surface area (Å²) in [6.45, 7) is 3.52. The van der Waals surface area contributed by atoms with Crippen LogP contribution in [0, 0.1) is 0 Å². The number of rotatable bonds is 50. The minimum atomic E-state index is -4.52. The SMILES string of the molecule is CCCCC/C=C\C/C=C\CCCCCCCCCCOCC(COP(=O)(O)OCC(O)CO)OC(=O)CCCCCCCCCCCCC/C=C\CCCCCCCCCC. The summed E-state index contributed by atoms with van der Waals surface area (Å²) in [5.41, 5.74) is 0. The van der Waals surface area contributed by atoms with E-state index in [0.29, 0.717) is 6.61 Å². The first-order valence-corrected chi connectivity index (χ1v) is 27.5. The van der Waals surface area contributed by atoms with Gasteiger partial charge in [0, 0.05) is 13.0 Å². The minimum Gasteiger partial charge on any atom is -0.457 e. The highest BCUT2D eigenvalue weighted by Gasteiger charge is 2.26. The quantitative estimate of drug-likeness (QED) is 0.0236. The summed E-state index contributed by atoms with van der Waals surface area (Å²) < 4.78 is 33.5. The van der Waals surface area contributed by atoms with Gasteiger partial charge in [-0.15, -0.1) is 0 Å². The summed E-state index contributed by atoms with van der Waals surface area (Å²) in [6.07, 6.45) is 55.4. The van der Waals surface area contributed by atoms with Crippen LogP contribution in [0.4, 0.5) is 0 Å². The van der Waals surface area contributed by atoms with E-state index in [1.54, 1.807) is 0 Å². The van der Waals surface area contributed by atoms with Crippen molar-refractivity contribution in [3.63, 3.8) is 0 Å². The number of phosphoric acid groups is 1. The van der Waals surface area contributed by atoms with E-state index in [0.717, 1.165) is 51.4 Å². The Morgan fingerprint density at radius 2 is 0.871 bits per heavy atom. The second kappa shape index (κ2) is 49.1. The predicted molar refractivity (Wildman–Crippen MR) is 261 cm³/mol. The monoisotopic (exact) mass is 899 g/mol. The van der Waals surface area contributed by atoms with Gasteiger partial charge in [0.25, 0.3) is 0 Å². The maximum atomic E-state index is 12.7. The number of esters is 1. The smallest absolute Gasteiger partial charge is 0.457 e. The van der Waals surface area contributed by atoms with Crippen molar-refractivity contribution in [1.82, 2.24) is 0 Å². The Labute approximate surface area is 382 Å². The molecular formula is C52H99O9P. The lowest BCUT2D eigenvalue weighted by molar-refractivity contribution is -0.154. The van der Waals surface area contributed by atoms with E-state index in [4.69, 9.17) is 23.6 Å². The maximum Gasteiger partial charge on any atom is 0.472 e. The molecule has 0 saturated carbocycles. The number of hydrogen-bond acceptors (Lipinski definition) is 8. The van der Waals surface area contributed by atoms with Gasteiger partial charge in [0.1, 0.15) is 12.2 Å². The second-order valence-electron chi connectivity index (χ2n) is 17.5. The molecule has 3 atom stereocenters. The van der Waals surface area contributed by atoms with Crippen LogP contribution in [0.15, 0.2) is 36.5 Å². The molecule has 9 nitrogen and oxygen atoms in total. The maximum absolute atomic E-state index is 12.7. The van der Waals surface area contributed by atoms with Crippen molar-refractivity contribution in [2.75, 3.05) is 33.0 Å². The van der Waals surface area contributed by atoms with E-state index in [1.807, 2.05) is 0 Å². The number of aliphatic hydroxyl groups is 2. The van der Waals surface area contributed by atoms with Gasteiger partial charge in [0.05, 0.1) is 26.4 Å². The molecule has 0 amide bonds. The third kappa shape index (κ3) is 48.1. The molecule has 0 aromatic rings. The van der Waals surface area contributed by atoms with Gasteiger partial charge in [0.2, 0.25) is 0 Å². The first kappa shape index (κ1) is 60.7. The Morgan fingerprint density at radius 1 is 0.500 bits per heavy atom. The fourth-order valence-electron chi connectivity index (χ4n) is 7.32. The molecule has 0 fully saturated rings. The van der Waals surface area contributed by atoms with E-state index in [1.165, 1.54) is 173 Å². The van der Waals surface area contributed by atoms with Crippen molar-refractivity contribution >= 4 is 13.8 Å². The summed E-state index contributed by atoms with van der Waals surface area (Å²) in [4.78, 5) is 22.7. The molecule has 3 N–H and O–H groups in total. The summed E-state index contributed by atoms with van der Waals surface area (Å²) in [7, 11) is -4.52.